The summed E-state index contributed by atoms with van der Waals surface area (Å²) in [5.74, 6) is 0.323. The molecule has 3 N–H and O–H groups in total. The van der Waals surface area contributed by atoms with Crippen molar-refractivity contribution in [1.29, 1.82) is 0 Å². The zero-order valence-electron chi connectivity index (χ0n) is 18.8. The molecule has 1 saturated heterocycles. The highest BCUT2D eigenvalue weighted by Gasteiger charge is 2.36. The van der Waals surface area contributed by atoms with Gasteiger partial charge >= 0.3 is 0 Å². The Morgan fingerprint density at radius 2 is 1.94 bits per heavy atom. The van der Waals surface area contributed by atoms with Crippen molar-refractivity contribution >= 4 is 27.7 Å². The predicted octanol–water partition coefficient (Wildman–Crippen LogP) is 4.00. The molecule has 1 fully saturated rings. The van der Waals surface area contributed by atoms with Crippen LogP contribution >= 0.6 is 0 Å². The van der Waals surface area contributed by atoms with Gasteiger partial charge in [-0.2, -0.15) is 0 Å². The number of hydrogen-bond donors (Lipinski definition) is 3. The van der Waals surface area contributed by atoms with Gasteiger partial charge in [0.1, 0.15) is 5.88 Å². The Hall–Kier alpha value is -2.26. The first kappa shape index (κ1) is 22.5. The highest BCUT2D eigenvalue weighted by atomic mass is 32.2. The number of nitrogens with one attached hydrogen (secondary N) is 2. The van der Waals surface area contributed by atoms with Crippen molar-refractivity contribution in [2.45, 2.75) is 25.4 Å². The lowest BCUT2D eigenvalue weighted by Crippen LogP contribution is -2.49. The average molecular weight is 471 g/mol. The Labute approximate surface area is 196 Å². The molecule has 3 atom stereocenters. The summed E-state index contributed by atoms with van der Waals surface area (Å²) in [6.07, 6.45) is 0.840. The number of alkyl halides is 1. The van der Waals surface area contributed by atoms with Crippen molar-refractivity contribution < 1.29 is 13.2 Å². The van der Waals surface area contributed by atoms with Gasteiger partial charge in [0.25, 0.3) is 0 Å². The van der Waals surface area contributed by atoms with Crippen LogP contribution in [0.2, 0.25) is 0 Å². The van der Waals surface area contributed by atoms with Crippen LogP contribution < -0.4 is 5.32 Å². The second-order valence-corrected chi connectivity index (χ2v) is 10.2. The maximum atomic E-state index is 12.6. The minimum Gasteiger partial charge on any atom is -0.384 e. The van der Waals surface area contributed by atoms with E-state index in [1.54, 1.807) is 0 Å². The molecule has 0 aliphatic carbocycles. The van der Waals surface area contributed by atoms with Crippen LogP contribution in [0.4, 0.5) is 10.1 Å². The Kier molecular flexibility index (Phi) is 6.51. The van der Waals surface area contributed by atoms with Gasteiger partial charge in [0.15, 0.2) is 11.1 Å². The highest BCUT2D eigenvalue weighted by Crippen LogP contribution is 2.40. The van der Waals surface area contributed by atoms with E-state index in [0.717, 1.165) is 55.1 Å². The summed E-state index contributed by atoms with van der Waals surface area (Å²) >= 11 is -1.91. The topological polar surface area (TPSA) is 71.6 Å². The van der Waals surface area contributed by atoms with Gasteiger partial charge in [-0.25, -0.2) is 4.21 Å². The molecule has 0 spiro atoms. The molecule has 3 aromatic rings. The van der Waals surface area contributed by atoms with Crippen LogP contribution in [0.5, 0.6) is 0 Å². The summed E-state index contributed by atoms with van der Waals surface area (Å²) in [6, 6.07) is 16.7. The van der Waals surface area contributed by atoms with Gasteiger partial charge in [-0.05, 0) is 42.7 Å². The molecule has 0 saturated carbocycles. The van der Waals surface area contributed by atoms with Crippen molar-refractivity contribution in [2.75, 3.05) is 44.0 Å². The van der Waals surface area contributed by atoms with E-state index in [1.165, 1.54) is 10.9 Å². The zero-order chi connectivity index (χ0) is 22.9. The molecule has 5 rings (SSSR count). The number of rotatable bonds is 8. The largest absolute Gasteiger partial charge is 0.384 e. The fourth-order valence-corrected chi connectivity index (χ4v) is 5.95. The average Bonchev–Trinajstić information content (AvgIpc) is 3.14. The van der Waals surface area contributed by atoms with Crippen LogP contribution in [0, 0.1) is 5.92 Å². The third-order valence-electron chi connectivity index (χ3n) is 7.01. The summed E-state index contributed by atoms with van der Waals surface area (Å²) in [4.78, 5) is 7.99. The SMILES string of the molecule is C[C@@H]1Cc2c([nH]c3ccccc23)[C@@H](c2ccc(NCCN3CC(CF)C3)cc2)N1CS(=O)O. The molecule has 0 amide bonds. The molecule has 2 aliphatic heterocycles. The van der Waals surface area contributed by atoms with E-state index in [0.29, 0.717) is 0 Å². The number of nitrogens with zero attached hydrogens (tertiary/aromatic N) is 2. The van der Waals surface area contributed by atoms with Gasteiger partial charge in [0, 0.05) is 60.4 Å². The molecule has 2 aliphatic rings. The number of H-pyrrole nitrogens is 1. The van der Waals surface area contributed by atoms with Gasteiger partial charge in [0.2, 0.25) is 0 Å². The van der Waals surface area contributed by atoms with Crippen molar-refractivity contribution in [2.24, 2.45) is 5.92 Å². The smallest absolute Gasteiger partial charge is 0.167 e. The molecular formula is C25H31FN4O2S. The van der Waals surface area contributed by atoms with E-state index in [2.05, 4.69) is 69.5 Å². The van der Waals surface area contributed by atoms with Gasteiger partial charge in [0.05, 0.1) is 12.7 Å². The van der Waals surface area contributed by atoms with Crippen LogP contribution in [0.1, 0.15) is 29.8 Å². The van der Waals surface area contributed by atoms with Crippen molar-refractivity contribution in [3.05, 3.63) is 65.4 Å². The fraction of sp³-hybridized carbons (Fsp3) is 0.440. The van der Waals surface area contributed by atoms with E-state index in [1.807, 2.05) is 6.07 Å². The van der Waals surface area contributed by atoms with Crippen LogP contribution in [0.3, 0.4) is 0 Å². The number of aromatic nitrogens is 1. The molecule has 6 nitrogen and oxygen atoms in total. The normalized spacial score (nSPS) is 22.8. The second-order valence-electron chi connectivity index (χ2n) is 9.31. The number of aromatic amines is 1. The lowest BCUT2D eigenvalue weighted by molar-refractivity contribution is 0.0856. The Morgan fingerprint density at radius 1 is 1.18 bits per heavy atom. The van der Waals surface area contributed by atoms with Gasteiger partial charge in [-0.15, -0.1) is 0 Å². The summed E-state index contributed by atoms with van der Waals surface area (Å²) in [5, 5.41) is 4.68. The molecule has 8 heteroatoms. The number of benzene rings is 2. The molecule has 1 unspecified atom stereocenters. The molecule has 176 valence electrons. The minimum absolute atomic E-state index is 0.107. The molecule has 2 aromatic carbocycles. The lowest BCUT2D eigenvalue weighted by atomic mass is 9.89. The Bertz CT molecular complexity index is 1130. The Morgan fingerprint density at radius 3 is 2.67 bits per heavy atom. The predicted molar refractivity (Wildman–Crippen MR) is 132 cm³/mol. The molecular weight excluding hydrogens is 439 g/mol. The Balaban J connectivity index is 1.37. The number of fused-ring (bicyclic) bond motifs is 3. The third kappa shape index (κ3) is 4.57. The van der Waals surface area contributed by atoms with E-state index >= 15 is 0 Å². The van der Waals surface area contributed by atoms with Gasteiger partial charge in [-0.1, -0.05) is 30.3 Å². The number of hydrogen-bond acceptors (Lipinski definition) is 4. The van der Waals surface area contributed by atoms with Crippen LogP contribution in [-0.2, 0) is 17.5 Å². The second kappa shape index (κ2) is 9.54. The van der Waals surface area contributed by atoms with Crippen LogP contribution in [0.25, 0.3) is 10.9 Å². The van der Waals surface area contributed by atoms with E-state index in [9.17, 15) is 13.2 Å². The molecule has 0 bridgehead atoms. The summed E-state index contributed by atoms with van der Waals surface area (Å²) < 4.78 is 34.1. The molecule has 1 aromatic heterocycles. The number of halogens is 1. The molecule has 0 radical (unpaired) electrons. The van der Waals surface area contributed by atoms with Gasteiger partial charge in [-0.3, -0.25) is 9.29 Å². The van der Waals surface area contributed by atoms with Crippen molar-refractivity contribution in [1.82, 2.24) is 14.8 Å². The summed E-state index contributed by atoms with van der Waals surface area (Å²) in [5.41, 5.74) is 5.65. The molecule has 3 heterocycles. The number of likely N-dealkylation sites (tertiary alicyclic amines) is 1. The van der Waals surface area contributed by atoms with Crippen LogP contribution in [-0.4, -0.2) is 68.3 Å². The highest BCUT2D eigenvalue weighted by molar-refractivity contribution is 7.79. The van der Waals surface area contributed by atoms with Crippen molar-refractivity contribution in [3.63, 3.8) is 0 Å². The third-order valence-corrected chi connectivity index (χ3v) is 7.53. The monoisotopic (exact) mass is 470 g/mol. The van der Waals surface area contributed by atoms with E-state index in [4.69, 9.17) is 0 Å². The van der Waals surface area contributed by atoms with E-state index in [-0.39, 0.29) is 30.6 Å². The minimum atomic E-state index is -1.91. The first-order chi connectivity index (χ1) is 16.0. The van der Waals surface area contributed by atoms with E-state index < -0.39 is 11.1 Å². The first-order valence-electron chi connectivity index (χ1n) is 11.6. The first-order valence-corrected chi connectivity index (χ1v) is 12.9. The summed E-state index contributed by atoms with van der Waals surface area (Å²) in [7, 11) is 0. The maximum absolute atomic E-state index is 12.6. The summed E-state index contributed by atoms with van der Waals surface area (Å²) in [6.45, 7) is 5.35. The van der Waals surface area contributed by atoms with Crippen LogP contribution in [0.15, 0.2) is 48.5 Å². The molecule has 33 heavy (non-hydrogen) atoms. The van der Waals surface area contributed by atoms with Gasteiger partial charge < -0.3 is 19.8 Å². The standard InChI is InChI=1S/C25H31FN4O2S/c1-17-12-22-21-4-2-3-5-23(21)28-24(22)25(30(17)16-33(31)32)19-6-8-20(9-7-19)27-10-11-29-14-18(13-26)15-29/h2-9,17-18,25,27-28H,10-16H2,1H3,(H,31,32)/t17-,25-/m1/s1. The fourth-order valence-electron chi connectivity index (χ4n) is 5.29. The van der Waals surface area contributed by atoms with Crippen molar-refractivity contribution in [3.8, 4) is 0 Å². The zero-order valence-corrected chi connectivity index (χ0v) is 19.7. The number of para-hydroxylation sites is 1. The number of anilines is 1. The lowest BCUT2D eigenvalue weighted by Gasteiger charge is -2.40. The quantitative estimate of drug-likeness (QED) is 0.434. The maximum Gasteiger partial charge on any atom is 0.167 e.